The third-order valence-electron chi connectivity index (χ3n) is 3.10. The van der Waals surface area contributed by atoms with Crippen molar-refractivity contribution >= 4 is 5.69 Å². The highest BCUT2D eigenvalue weighted by Crippen LogP contribution is 2.32. The van der Waals surface area contributed by atoms with Crippen LogP contribution in [-0.2, 0) is 12.7 Å². The van der Waals surface area contributed by atoms with Gasteiger partial charge in [-0.25, -0.2) is 0 Å². The Morgan fingerprint density at radius 1 is 1.05 bits per heavy atom. The lowest BCUT2D eigenvalue weighted by Gasteiger charge is -2.14. The Balaban J connectivity index is 2.19. The van der Waals surface area contributed by atoms with Gasteiger partial charge in [0, 0.05) is 23.9 Å². The van der Waals surface area contributed by atoms with Gasteiger partial charge >= 0.3 is 6.18 Å². The number of phenolic OH excluding ortho intramolecular Hbond substituents is 2. The molecule has 0 heterocycles. The zero-order valence-electron chi connectivity index (χ0n) is 11.2. The van der Waals surface area contributed by atoms with Crippen LogP contribution < -0.4 is 5.32 Å². The Kier molecular flexibility index (Phi) is 3.97. The van der Waals surface area contributed by atoms with Crippen molar-refractivity contribution in [2.24, 2.45) is 0 Å². The first-order valence-electron chi connectivity index (χ1n) is 6.20. The van der Waals surface area contributed by atoms with Crippen molar-refractivity contribution in [1.29, 1.82) is 0 Å². The Morgan fingerprint density at radius 3 is 2.38 bits per heavy atom. The minimum absolute atomic E-state index is 0.0773. The quantitative estimate of drug-likeness (QED) is 0.801. The Morgan fingerprint density at radius 2 is 1.76 bits per heavy atom. The first-order valence-corrected chi connectivity index (χ1v) is 6.20. The molecular weight excluding hydrogens is 283 g/mol. The highest BCUT2D eigenvalue weighted by Gasteiger charge is 2.30. The van der Waals surface area contributed by atoms with Crippen molar-refractivity contribution in [1.82, 2.24) is 0 Å². The van der Waals surface area contributed by atoms with Crippen LogP contribution in [0.5, 0.6) is 11.5 Å². The summed E-state index contributed by atoms with van der Waals surface area (Å²) in [5.74, 6) is -0.196. The van der Waals surface area contributed by atoms with Crippen LogP contribution in [-0.4, -0.2) is 10.2 Å². The largest absolute Gasteiger partial charge is 0.508 e. The van der Waals surface area contributed by atoms with Gasteiger partial charge < -0.3 is 15.5 Å². The molecular formula is C15H14F3NO2. The van der Waals surface area contributed by atoms with Crippen LogP contribution in [0.25, 0.3) is 0 Å². The Bertz CT molecular complexity index is 654. The van der Waals surface area contributed by atoms with Gasteiger partial charge in [-0.05, 0) is 36.8 Å². The zero-order chi connectivity index (χ0) is 15.6. The lowest BCUT2D eigenvalue weighted by molar-refractivity contribution is -0.137. The molecule has 0 aliphatic carbocycles. The summed E-state index contributed by atoms with van der Waals surface area (Å²) in [5.41, 5.74) is 0.758. The molecule has 0 saturated heterocycles. The molecule has 112 valence electrons. The van der Waals surface area contributed by atoms with E-state index in [2.05, 4.69) is 5.32 Å². The lowest BCUT2D eigenvalue weighted by atomic mass is 10.1. The molecule has 0 amide bonds. The number of anilines is 1. The fourth-order valence-corrected chi connectivity index (χ4v) is 1.88. The second-order valence-electron chi connectivity index (χ2n) is 4.69. The highest BCUT2D eigenvalue weighted by molar-refractivity contribution is 5.54. The molecule has 0 radical (unpaired) electrons. The van der Waals surface area contributed by atoms with Crippen LogP contribution in [0, 0.1) is 6.92 Å². The van der Waals surface area contributed by atoms with Crippen molar-refractivity contribution < 1.29 is 23.4 Å². The van der Waals surface area contributed by atoms with Crippen molar-refractivity contribution in [3.63, 3.8) is 0 Å². The summed E-state index contributed by atoms with van der Waals surface area (Å²) in [4.78, 5) is 0. The monoisotopic (exact) mass is 297 g/mol. The number of phenols is 2. The molecule has 3 nitrogen and oxygen atoms in total. The normalized spacial score (nSPS) is 11.4. The van der Waals surface area contributed by atoms with Crippen LogP contribution in [0.3, 0.4) is 0 Å². The van der Waals surface area contributed by atoms with Crippen LogP contribution in [0.15, 0.2) is 36.4 Å². The molecule has 0 atom stereocenters. The van der Waals surface area contributed by atoms with Crippen molar-refractivity contribution in [3.05, 3.63) is 53.1 Å². The first kappa shape index (κ1) is 15.0. The van der Waals surface area contributed by atoms with Gasteiger partial charge in [0.2, 0.25) is 0 Å². The van der Waals surface area contributed by atoms with E-state index in [4.69, 9.17) is 0 Å². The summed E-state index contributed by atoms with van der Waals surface area (Å²) in [5, 5.41) is 21.7. The minimum atomic E-state index is -4.40. The number of alkyl halides is 3. The average Bonchev–Trinajstić information content (AvgIpc) is 2.38. The van der Waals surface area contributed by atoms with Crippen molar-refractivity contribution in [3.8, 4) is 11.5 Å². The molecule has 2 aromatic rings. The van der Waals surface area contributed by atoms with Crippen LogP contribution in [0.2, 0.25) is 0 Å². The molecule has 2 aromatic carbocycles. The number of aromatic hydroxyl groups is 2. The minimum Gasteiger partial charge on any atom is -0.508 e. The van der Waals surface area contributed by atoms with Crippen molar-refractivity contribution in [2.75, 3.05) is 5.32 Å². The molecule has 6 heteroatoms. The van der Waals surface area contributed by atoms with E-state index >= 15 is 0 Å². The van der Waals surface area contributed by atoms with E-state index in [0.29, 0.717) is 16.8 Å². The molecule has 0 saturated carbocycles. The number of aryl methyl sites for hydroxylation is 1. The third-order valence-corrected chi connectivity index (χ3v) is 3.10. The molecule has 0 bridgehead atoms. The van der Waals surface area contributed by atoms with E-state index in [9.17, 15) is 23.4 Å². The molecule has 0 aliphatic rings. The predicted molar refractivity (Wildman–Crippen MR) is 73.3 cm³/mol. The number of hydrogen-bond donors (Lipinski definition) is 3. The van der Waals surface area contributed by atoms with E-state index in [1.165, 1.54) is 24.3 Å². The maximum Gasteiger partial charge on any atom is 0.416 e. The SMILES string of the molecule is Cc1ccc(C(F)(F)F)cc1NCc1ccc(O)cc1O. The summed E-state index contributed by atoms with van der Waals surface area (Å²) in [6.07, 6.45) is -4.40. The summed E-state index contributed by atoms with van der Waals surface area (Å²) in [7, 11) is 0. The standard InChI is InChI=1S/C15H14F3NO2/c1-9-2-4-11(15(16,17)18)6-13(9)19-8-10-3-5-12(20)7-14(10)21/h2-7,19-21H,8H2,1H3. The van der Waals surface area contributed by atoms with Gasteiger partial charge in [0.15, 0.2) is 0 Å². The Labute approximate surface area is 119 Å². The van der Waals surface area contributed by atoms with E-state index in [-0.39, 0.29) is 18.0 Å². The van der Waals surface area contributed by atoms with Gasteiger partial charge in [-0.15, -0.1) is 0 Å². The number of halogens is 3. The highest BCUT2D eigenvalue weighted by atomic mass is 19.4. The topological polar surface area (TPSA) is 52.5 Å². The van der Waals surface area contributed by atoms with E-state index in [0.717, 1.165) is 12.1 Å². The molecule has 3 N–H and O–H groups in total. The summed E-state index contributed by atoms with van der Waals surface area (Å²) in [6.45, 7) is 1.84. The fraction of sp³-hybridized carbons (Fsp3) is 0.200. The smallest absolute Gasteiger partial charge is 0.416 e. The molecule has 21 heavy (non-hydrogen) atoms. The molecule has 0 unspecified atom stereocenters. The summed E-state index contributed by atoms with van der Waals surface area (Å²) < 4.78 is 38.0. The summed E-state index contributed by atoms with van der Waals surface area (Å²) in [6, 6.07) is 7.53. The molecule has 0 aromatic heterocycles. The van der Waals surface area contributed by atoms with Crippen molar-refractivity contribution in [2.45, 2.75) is 19.6 Å². The number of nitrogens with one attached hydrogen (secondary N) is 1. The lowest BCUT2D eigenvalue weighted by Crippen LogP contribution is -2.07. The second kappa shape index (κ2) is 5.55. The maximum absolute atomic E-state index is 12.7. The van der Waals surface area contributed by atoms with Gasteiger partial charge in [0.05, 0.1) is 5.56 Å². The predicted octanol–water partition coefficient (Wildman–Crippen LogP) is 4.04. The van der Waals surface area contributed by atoms with Gasteiger partial charge in [0.1, 0.15) is 11.5 Å². The zero-order valence-corrected chi connectivity index (χ0v) is 11.2. The fourth-order valence-electron chi connectivity index (χ4n) is 1.88. The van der Waals surface area contributed by atoms with E-state index < -0.39 is 11.7 Å². The Hall–Kier alpha value is -2.37. The number of benzene rings is 2. The van der Waals surface area contributed by atoms with Gasteiger partial charge in [-0.2, -0.15) is 13.2 Å². The second-order valence-corrected chi connectivity index (χ2v) is 4.69. The van der Waals surface area contributed by atoms with E-state index in [1.54, 1.807) is 6.92 Å². The molecule has 2 rings (SSSR count). The molecule has 0 spiro atoms. The van der Waals surface area contributed by atoms with Gasteiger partial charge in [-0.3, -0.25) is 0 Å². The van der Waals surface area contributed by atoms with Gasteiger partial charge in [0.25, 0.3) is 0 Å². The van der Waals surface area contributed by atoms with Gasteiger partial charge in [-0.1, -0.05) is 6.07 Å². The first-order chi connectivity index (χ1) is 9.77. The number of rotatable bonds is 3. The summed E-state index contributed by atoms with van der Waals surface area (Å²) >= 11 is 0. The molecule has 0 fully saturated rings. The third kappa shape index (κ3) is 3.59. The maximum atomic E-state index is 12.7. The average molecular weight is 297 g/mol. The van der Waals surface area contributed by atoms with E-state index in [1.807, 2.05) is 0 Å². The van der Waals surface area contributed by atoms with Crippen LogP contribution >= 0.6 is 0 Å². The number of hydrogen-bond acceptors (Lipinski definition) is 3. The molecule has 0 aliphatic heterocycles. The van der Waals surface area contributed by atoms with Crippen LogP contribution in [0.4, 0.5) is 18.9 Å². The van der Waals surface area contributed by atoms with Crippen LogP contribution in [0.1, 0.15) is 16.7 Å².